The minimum Gasteiger partial charge on any atom is -0.315 e. The van der Waals surface area contributed by atoms with E-state index >= 15 is 0 Å². The number of rotatable bonds is 1. The van der Waals surface area contributed by atoms with Crippen LogP contribution in [0.3, 0.4) is 0 Å². The molecule has 0 aliphatic carbocycles. The van der Waals surface area contributed by atoms with Crippen LogP contribution in [0.4, 0.5) is 0 Å². The lowest BCUT2D eigenvalue weighted by Crippen LogP contribution is -2.18. The zero-order chi connectivity index (χ0) is 5.15. The molecule has 1 atom stereocenters. The van der Waals surface area contributed by atoms with Gasteiger partial charge in [0.25, 0.3) is 0 Å². The van der Waals surface area contributed by atoms with E-state index in [1.165, 1.54) is 0 Å². The average Bonchev–Trinajstić information content (AvgIpc) is 1.36. The summed E-state index contributed by atoms with van der Waals surface area (Å²) >= 11 is 5.39. The first kappa shape index (κ1) is 10.5. The van der Waals surface area contributed by atoms with E-state index in [9.17, 15) is 0 Å². The zero-order valence-corrected chi connectivity index (χ0v) is 6.09. The average molecular weight is 144 g/mol. The molecule has 0 aliphatic heterocycles. The highest BCUT2D eigenvalue weighted by molar-refractivity contribution is 6.20. The monoisotopic (exact) mass is 143 g/mol. The minimum absolute atomic E-state index is 0. The maximum Gasteiger partial charge on any atom is 0.0823 e. The SMILES string of the molecule is CC(C)C(N)Cl.Cl. The third kappa shape index (κ3) is 6.54. The Kier molecular flexibility index (Phi) is 7.04. The molecule has 0 saturated heterocycles. The van der Waals surface area contributed by atoms with Crippen LogP contribution in [0.25, 0.3) is 0 Å². The van der Waals surface area contributed by atoms with Crippen LogP contribution in [0.1, 0.15) is 13.8 Å². The van der Waals surface area contributed by atoms with Crippen molar-refractivity contribution in [2.75, 3.05) is 0 Å². The summed E-state index contributed by atoms with van der Waals surface area (Å²) in [6.07, 6.45) is 0. The molecule has 0 amide bonds. The lowest BCUT2D eigenvalue weighted by molar-refractivity contribution is 0.616. The van der Waals surface area contributed by atoms with E-state index in [1.54, 1.807) is 0 Å². The molecule has 0 rings (SSSR count). The molecular weight excluding hydrogens is 133 g/mol. The first-order chi connectivity index (χ1) is 2.64. The standard InChI is InChI=1S/C4H10ClN.ClH/c1-3(2)4(5)6;/h3-4H,6H2,1-2H3;1H. The Balaban J connectivity index is 0. The quantitative estimate of drug-likeness (QED) is 0.438. The van der Waals surface area contributed by atoms with Crippen molar-refractivity contribution in [2.45, 2.75) is 19.3 Å². The number of halogens is 2. The smallest absolute Gasteiger partial charge is 0.0823 e. The molecule has 0 heterocycles. The highest BCUT2D eigenvalue weighted by Crippen LogP contribution is 1.99. The normalized spacial score (nSPS) is 13.3. The molecule has 0 aromatic carbocycles. The van der Waals surface area contributed by atoms with E-state index in [1.807, 2.05) is 13.8 Å². The second kappa shape index (κ2) is 4.69. The van der Waals surface area contributed by atoms with Gasteiger partial charge in [-0.25, -0.2) is 0 Å². The van der Waals surface area contributed by atoms with Crippen molar-refractivity contribution < 1.29 is 0 Å². The largest absolute Gasteiger partial charge is 0.315 e. The van der Waals surface area contributed by atoms with Crippen molar-refractivity contribution in [1.29, 1.82) is 0 Å². The van der Waals surface area contributed by atoms with Gasteiger partial charge in [0.1, 0.15) is 0 Å². The molecule has 0 aromatic rings. The van der Waals surface area contributed by atoms with Crippen molar-refractivity contribution in [2.24, 2.45) is 11.7 Å². The second-order valence-electron chi connectivity index (χ2n) is 1.69. The van der Waals surface area contributed by atoms with E-state index in [4.69, 9.17) is 17.3 Å². The lowest BCUT2D eigenvalue weighted by Gasteiger charge is -2.03. The molecule has 0 fully saturated rings. The molecule has 0 radical (unpaired) electrons. The van der Waals surface area contributed by atoms with Gasteiger partial charge in [-0.15, -0.1) is 24.0 Å². The summed E-state index contributed by atoms with van der Waals surface area (Å²) in [6, 6.07) is 0. The van der Waals surface area contributed by atoms with Crippen LogP contribution in [0, 0.1) is 5.92 Å². The van der Waals surface area contributed by atoms with E-state index in [2.05, 4.69) is 0 Å². The third-order valence-corrected chi connectivity index (χ3v) is 1.14. The third-order valence-electron chi connectivity index (χ3n) is 0.637. The van der Waals surface area contributed by atoms with Gasteiger partial charge in [-0.1, -0.05) is 13.8 Å². The first-order valence-electron chi connectivity index (χ1n) is 2.04. The highest BCUT2D eigenvalue weighted by Gasteiger charge is 1.98. The molecule has 0 aliphatic rings. The van der Waals surface area contributed by atoms with E-state index in [-0.39, 0.29) is 17.9 Å². The Labute approximate surface area is 55.6 Å². The summed E-state index contributed by atoms with van der Waals surface area (Å²) in [5, 5.41) is 0. The van der Waals surface area contributed by atoms with Gasteiger partial charge in [-0.2, -0.15) is 0 Å². The zero-order valence-electron chi connectivity index (χ0n) is 4.52. The second-order valence-corrected chi connectivity index (χ2v) is 2.19. The molecule has 2 N–H and O–H groups in total. The number of alkyl halides is 1. The highest BCUT2D eigenvalue weighted by atomic mass is 35.5. The predicted octanol–water partition coefficient (Wildman–Crippen LogP) is 1.59. The molecular formula is C4H11Cl2N. The van der Waals surface area contributed by atoms with Gasteiger partial charge in [0.05, 0.1) is 5.50 Å². The molecule has 0 aromatic heterocycles. The molecule has 0 bridgehead atoms. The summed E-state index contributed by atoms with van der Waals surface area (Å²) in [5.41, 5.74) is 5.02. The topological polar surface area (TPSA) is 26.0 Å². The summed E-state index contributed by atoms with van der Waals surface area (Å²) in [6.45, 7) is 3.97. The summed E-state index contributed by atoms with van der Waals surface area (Å²) < 4.78 is 0. The fourth-order valence-corrected chi connectivity index (χ4v) is 0. The Bertz CT molecular complexity index is 30.7. The Morgan fingerprint density at radius 3 is 1.57 bits per heavy atom. The van der Waals surface area contributed by atoms with E-state index in [0.717, 1.165) is 0 Å². The fourth-order valence-electron chi connectivity index (χ4n) is 0. The molecule has 0 spiro atoms. The van der Waals surface area contributed by atoms with Crippen LogP contribution in [0.15, 0.2) is 0 Å². The van der Waals surface area contributed by atoms with E-state index < -0.39 is 0 Å². The Morgan fingerprint density at radius 2 is 1.57 bits per heavy atom. The summed E-state index contributed by atoms with van der Waals surface area (Å²) in [4.78, 5) is 0. The van der Waals surface area contributed by atoms with Crippen molar-refractivity contribution >= 4 is 24.0 Å². The molecule has 3 heteroatoms. The number of hydrogen-bond donors (Lipinski definition) is 1. The maximum absolute atomic E-state index is 5.39. The van der Waals surface area contributed by atoms with Gasteiger partial charge in [-0.3, -0.25) is 0 Å². The maximum atomic E-state index is 5.39. The molecule has 7 heavy (non-hydrogen) atoms. The predicted molar refractivity (Wildman–Crippen MR) is 35.9 cm³/mol. The number of hydrogen-bond acceptors (Lipinski definition) is 1. The van der Waals surface area contributed by atoms with Gasteiger partial charge >= 0.3 is 0 Å². The van der Waals surface area contributed by atoms with Crippen LogP contribution in [-0.4, -0.2) is 5.50 Å². The van der Waals surface area contributed by atoms with Gasteiger partial charge in [-0.05, 0) is 5.92 Å². The molecule has 1 nitrogen and oxygen atoms in total. The Morgan fingerprint density at radius 1 is 1.43 bits per heavy atom. The van der Waals surface area contributed by atoms with Crippen molar-refractivity contribution in [3.63, 3.8) is 0 Å². The van der Waals surface area contributed by atoms with Crippen LogP contribution in [0.2, 0.25) is 0 Å². The molecule has 0 saturated carbocycles. The van der Waals surface area contributed by atoms with Gasteiger partial charge in [0.15, 0.2) is 0 Å². The van der Waals surface area contributed by atoms with Crippen molar-refractivity contribution in [3.05, 3.63) is 0 Å². The Hall–Kier alpha value is 0.540. The van der Waals surface area contributed by atoms with E-state index in [0.29, 0.717) is 5.92 Å². The van der Waals surface area contributed by atoms with Crippen LogP contribution < -0.4 is 5.73 Å². The van der Waals surface area contributed by atoms with Crippen LogP contribution >= 0.6 is 24.0 Å². The number of nitrogens with two attached hydrogens (primary N) is 1. The van der Waals surface area contributed by atoms with Gasteiger partial charge in [0, 0.05) is 0 Å². The fraction of sp³-hybridized carbons (Fsp3) is 1.00. The lowest BCUT2D eigenvalue weighted by atomic mass is 10.2. The van der Waals surface area contributed by atoms with Crippen molar-refractivity contribution in [1.82, 2.24) is 0 Å². The molecule has 1 unspecified atom stereocenters. The summed E-state index contributed by atoms with van der Waals surface area (Å²) in [5.74, 6) is 0.395. The van der Waals surface area contributed by atoms with Crippen molar-refractivity contribution in [3.8, 4) is 0 Å². The van der Waals surface area contributed by atoms with Gasteiger partial charge in [0.2, 0.25) is 0 Å². The first-order valence-corrected chi connectivity index (χ1v) is 2.48. The van der Waals surface area contributed by atoms with Crippen LogP contribution in [0.5, 0.6) is 0 Å². The van der Waals surface area contributed by atoms with Gasteiger partial charge < -0.3 is 5.73 Å². The van der Waals surface area contributed by atoms with Crippen LogP contribution in [-0.2, 0) is 0 Å². The summed E-state index contributed by atoms with van der Waals surface area (Å²) in [7, 11) is 0. The molecule has 46 valence electrons. The minimum atomic E-state index is -0.176.